The molecule has 34 heavy (non-hydrogen) atoms. The molecule has 1 aliphatic rings. The van der Waals surface area contributed by atoms with Crippen molar-refractivity contribution in [1.82, 2.24) is 4.90 Å². The summed E-state index contributed by atoms with van der Waals surface area (Å²) < 4.78 is 36.2. The topological polar surface area (TPSA) is 61.1 Å². The van der Waals surface area contributed by atoms with Crippen molar-refractivity contribution in [3.63, 3.8) is 0 Å². The number of ether oxygens (including phenoxy) is 3. The second kappa shape index (κ2) is 8.83. The van der Waals surface area contributed by atoms with E-state index in [1.807, 2.05) is 12.1 Å². The number of hydrogen-bond donors (Lipinski definition) is 0. The van der Waals surface area contributed by atoms with Gasteiger partial charge in [0, 0.05) is 13.1 Å². The molecule has 3 aromatic carbocycles. The van der Waals surface area contributed by atoms with E-state index in [2.05, 4.69) is 4.90 Å². The van der Waals surface area contributed by atoms with Gasteiger partial charge in [-0.05, 0) is 54.4 Å². The summed E-state index contributed by atoms with van der Waals surface area (Å²) >= 11 is 0. The molecular formula is C27H24FNO5. The highest BCUT2D eigenvalue weighted by molar-refractivity contribution is 5.87. The third-order valence-electron chi connectivity index (χ3n) is 6.07. The van der Waals surface area contributed by atoms with Crippen molar-refractivity contribution in [2.24, 2.45) is 0 Å². The van der Waals surface area contributed by atoms with Gasteiger partial charge in [-0.3, -0.25) is 9.69 Å². The third kappa shape index (κ3) is 3.88. The summed E-state index contributed by atoms with van der Waals surface area (Å²) in [4.78, 5) is 15.6. The van der Waals surface area contributed by atoms with Crippen molar-refractivity contribution < 1.29 is 23.0 Å². The van der Waals surface area contributed by atoms with E-state index in [4.69, 9.17) is 18.6 Å². The molecule has 0 bridgehead atoms. The SMILES string of the molecule is COc1ccc(-c2c(C)oc3c4c(ccc3c2=O)OCN(Cc2ccc(F)cc2)C4)cc1OC. The van der Waals surface area contributed by atoms with Gasteiger partial charge in [0.15, 0.2) is 11.5 Å². The highest BCUT2D eigenvalue weighted by Crippen LogP contribution is 2.36. The molecule has 0 amide bonds. The zero-order valence-electron chi connectivity index (χ0n) is 19.2. The van der Waals surface area contributed by atoms with Crippen LogP contribution in [0.5, 0.6) is 17.2 Å². The Balaban J connectivity index is 1.55. The molecule has 4 aromatic rings. The summed E-state index contributed by atoms with van der Waals surface area (Å²) in [6, 6.07) is 15.3. The van der Waals surface area contributed by atoms with Gasteiger partial charge in [0.1, 0.15) is 29.6 Å². The van der Waals surface area contributed by atoms with Crippen LogP contribution < -0.4 is 19.6 Å². The monoisotopic (exact) mass is 461 g/mol. The molecule has 174 valence electrons. The highest BCUT2D eigenvalue weighted by atomic mass is 19.1. The van der Waals surface area contributed by atoms with Crippen LogP contribution in [0.25, 0.3) is 22.1 Å². The first-order valence-electron chi connectivity index (χ1n) is 10.9. The number of benzene rings is 3. The Bertz CT molecular complexity index is 1430. The lowest BCUT2D eigenvalue weighted by Gasteiger charge is -2.29. The fraction of sp³-hybridized carbons (Fsp3) is 0.222. The number of rotatable bonds is 5. The molecule has 0 aliphatic carbocycles. The standard InChI is InChI=1S/C27H24FNO5/c1-16-25(18-6-10-23(31-2)24(12-18)32-3)26(30)20-9-11-22-21(27(20)34-16)14-29(15-33-22)13-17-4-7-19(28)8-5-17/h4-12H,13-15H2,1-3H3. The van der Waals surface area contributed by atoms with Gasteiger partial charge in [-0.25, -0.2) is 4.39 Å². The molecule has 1 aliphatic heterocycles. The molecule has 0 fully saturated rings. The molecular weight excluding hydrogens is 437 g/mol. The van der Waals surface area contributed by atoms with Crippen LogP contribution in [0.4, 0.5) is 4.39 Å². The molecule has 2 heterocycles. The first-order chi connectivity index (χ1) is 16.5. The second-order valence-corrected chi connectivity index (χ2v) is 8.24. The van der Waals surface area contributed by atoms with Crippen molar-refractivity contribution in [1.29, 1.82) is 0 Å². The lowest BCUT2D eigenvalue weighted by molar-refractivity contribution is 0.0889. The molecule has 0 spiro atoms. The minimum absolute atomic E-state index is 0.121. The zero-order chi connectivity index (χ0) is 23.8. The van der Waals surface area contributed by atoms with Crippen molar-refractivity contribution in [2.75, 3.05) is 21.0 Å². The highest BCUT2D eigenvalue weighted by Gasteiger charge is 2.24. The quantitative estimate of drug-likeness (QED) is 0.403. The Morgan fingerprint density at radius 3 is 2.50 bits per heavy atom. The van der Waals surface area contributed by atoms with Crippen molar-refractivity contribution in [2.45, 2.75) is 20.0 Å². The van der Waals surface area contributed by atoms with Gasteiger partial charge in [-0.2, -0.15) is 0 Å². The summed E-state index contributed by atoms with van der Waals surface area (Å²) in [5.74, 6) is 2.06. The number of halogens is 1. The average molecular weight is 461 g/mol. The molecule has 5 rings (SSSR count). The number of hydrogen-bond acceptors (Lipinski definition) is 6. The normalized spacial score (nSPS) is 13.4. The first kappa shape index (κ1) is 22.0. The van der Waals surface area contributed by atoms with E-state index in [1.54, 1.807) is 51.5 Å². The minimum Gasteiger partial charge on any atom is -0.493 e. The van der Waals surface area contributed by atoms with E-state index in [9.17, 15) is 9.18 Å². The summed E-state index contributed by atoms with van der Waals surface area (Å²) in [7, 11) is 3.12. The van der Waals surface area contributed by atoms with Gasteiger partial charge >= 0.3 is 0 Å². The summed E-state index contributed by atoms with van der Waals surface area (Å²) in [6.45, 7) is 3.31. The molecule has 0 atom stereocenters. The van der Waals surface area contributed by atoms with Crippen LogP contribution in [-0.4, -0.2) is 25.9 Å². The van der Waals surface area contributed by atoms with E-state index in [0.717, 1.165) is 11.1 Å². The van der Waals surface area contributed by atoms with Crippen LogP contribution in [0.15, 0.2) is 63.8 Å². The molecule has 0 radical (unpaired) electrons. The number of nitrogens with zero attached hydrogens (tertiary/aromatic N) is 1. The number of aryl methyl sites for hydroxylation is 1. The van der Waals surface area contributed by atoms with E-state index in [1.165, 1.54) is 12.1 Å². The van der Waals surface area contributed by atoms with Crippen LogP contribution in [0.3, 0.4) is 0 Å². The van der Waals surface area contributed by atoms with Crippen LogP contribution in [-0.2, 0) is 13.1 Å². The van der Waals surface area contributed by atoms with Crippen LogP contribution >= 0.6 is 0 Å². The van der Waals surface area contributed by atoms with E-state index >= 15 is 0 Å². The molecule has 7 heteroatoms. The maximum Gasteiger partial charge on any atom is 0.200 e. The molecule has 0 unspecified atom stereocenters. The van der Waals surface area contributed by atoms with E-state index in [-0.39, 0.29) is 11.2 Å². The van der Waals surface area contributed by atoms with Gasteiger partial charge in [0.2, 0.25) is 5.43 Å². The maximum absolute atomic E-state index is 13.6. The van der Waals surface area contributed by atoms with Crippen molar-refractivity contribution in [3.05, 3.63) is 87.5 Å². The molecule has 0 N–H and O–H groups in total. The fourth-order valence-corrected chi connectivity index (χ4v) is 4.39. The van der Waals surface area contributed by atoms with Gasteiger partial charge in [-0.1, -0.05) is 18.2 Å². The predicted octanol–water partition coefficient (Wildman–Crippen LogP) is 5.28. The Morgan fingerprint density at radius 2 is 1.76 bits per heavy atom. The Labute approximate surface area is 196 Å². The molecule has 0 saturated carbocycles. The third-order valence-corrected chi connectivity index (χ3v) is 6.07. The lowest BCUT2D eigenvalue weighted by atomic mass is 10.00. The summed E-state index contributed by atoms with van der Waals surface area (Å²) in [5, 5.41) is 0.487. The van der Waals surface area contributed by atoms with Gasteiger partial charge in [0.05, 0.1) is 30.7 Å². The first-order valence-corrected chi connectivity index (χ1v) is 10.9. The zero-order valence-corrected chi connectivity index (χ0v) is 19.2. The van der Waals surface area contributed by atoms with Crippen LogP contribution in [0, 0.1) is 12.7 Å². The predicted molar refractivity (Wildman–Crippen MR) is 127 cm³/mol. The van der Waals surface area contributed by atoms with E-state index < -0.39 is 0 Å². The minimum atomic E-state index is -0.266. The molecule has 1 aromatic heterocycles. The number of methoxy groups -OCH3 is 2. The van der Waals surface area contributed by atoms with Gasteiger partial charge in [-0.15, -0.1) is 0 Å². The van der Waals surface area contributed by atoms with Gasteiger partial charge < -0.3 is 18.6 Å². The van der Waals surface area contributed by atoms with Gasteiger partial charge in [0.25, 0.3) is 0 Å². The summed E-state index contributed by atoms with van der Waals surface area (Å²) in [6.07, 6.45) is 0. The lowest BCUT2D eigenvalue weighted by Crippen LogP contribution is -2.31. The smallest absolute Gasteiger partial charge is 0.200 e. The van der Waals surface area contributed by atoms with Crippen LogP contribution in [0.1, 0.15) is 16.9 Å². The van der Waals surface area contributed by atoms with Crippen molar-refractivity contribution in [3.8, 4) is 28.4 Å². The Hall–Kier alpha value is -3.84. The number of fused-ring (bicyclic) bond motifs is 3. The Kier molecular flexibility index (Phi) is 5.71. The second-order valence-electron chi connectivity index (χ2n) is 8.24. The average Bonchev–Trinajstić information content (AvgIpc) is 2.85. The Morgan fingerprint density at radius 1 is 1.00 bits per heavy atom. The van der Waals surface area contributed by atoms with E-state index in [0.29, 0.717) is 64.9 Å². The molecule has 6 nitrogen and oxygen atoms in total. The fourth-order valence-electron chi connectivity index (χ4n) is 4.39. The largest absolute Gasteiger partial charge is 0.493 e. The maximum atomic E-state index is 13.6. The molecule has 0 saturated heterocycles. The summed E-state index contributed by atoms with van der Waals surface area (Å²) in [5.41, 5.74) is 3.37. The van der Waals surface area contributed by atoms with Crippen molar-refractivity contribution >= 4 is 11.0 Å². The van der Waals surface area contributed by atoms with Crippen LogP contribution in [0.2, 0.25) is 0 Å².